The third kappa shape index (κ3) is 4.38. The highest BCUT2D eigenvalue weighted by Crippen LogP contribution is 2.28. The Morgan fingerprint density at radius 3 is 2.50 bits per heavy atom. The number of hydrogen-bond donors (Lipinski definition) is 0. The molecule has 1 aromatic heterocycles. The van der Waals surface area contributed by atoms with Crippen molar-refractivity contribution in [3.05, 3.63) is 59.7 Å². The van der Waals surface area contributed by atoms with Gasteiger partial charge in [0.1, 0.15) is 5.52 Å². The van der Waals surface area contributed by atoms with E-state index in [1.54, 1.807) is 11.8 Å². The molecule has 2 aromatic carbocycles. The van der Waals surface area contributed by atoms with Crippen molar-refractivity contribution in [2.24, 2.45) is 0 Å². The van der Waals surface area contributed by atoms with E-state index in [0.717, 1.165) is 16.7 Å². The molecule has 0 radical (unpaired) electrons. The number of carbonyl (C=O) groups excluding carboxylic acids is 1. The van der Waals surface area contributed by atoms with Crippen molar-refractivity contribution in [2.75, 3.05) is 31.9 Å². The molecule has 0 bridgehead atoms. The molecule has 2 heterocycles. The van der Waals surface area contributed by atoms with Gasteiger partial charge in [-0.2, -0.15) is 4.31 Å². The van der Waals surface area contributed by atoms with Crippen LogP contribution in [0.15, 0.2) is 58.2 Å². The first-order chi connectivity index (χ1) is 14.5. The molecule has 4 rings (SSSR count). The van der Waals surface area contributed by atoms with Gasteiger partial charge in [0.15, 0.2) is 5.58 Å². The van der Waals surface area contributed by atoms with Crippen molar-refractivity contribution in [1.82, 2.24) is 14.2 Å². The lowest BCUT2D eigenvalue weighted by Crippen LogP contribution is -2.51. The number of sulfonamides is 1. The van der Waals surface area contributed by atoms with E-state index in [1.807, 2.05) is 48.5 Å². The van der Waals surface area contributed by atoms with Crippen LogP contribution in [0, 0.1) is 0 Å². The lowest BCUT2D eigenvalue weighted by molar-refractivity contribution is 0.0697. The Balaban J connectivity index is 1.44. The van der Waals surface area contributed by atoms with Crippen molar-refractivity contribution in [3.8, 4) is 0 Å². The highest BCUT2D eigenvalue weighted by molar-refractivity contribution is 7.98. The van der Waals surface area contributed by atoms with Gasteiger partial charge in [-0.3, -0.25) is 4.79 Å². The molecule has 0 aliphatic carbocycles. The quantitative estimate of drug-likeness (QED) is 0.542. The fourth-order valence-electron chi connectivity index (χ4n) is 3.43. The summed E-state index contributed by atoms with van der Waals surface area (Å²) in [6, 6.07) is 15.1. The van der Waals surface area contributed by atoms with Crippen LogP contribution in [0.5, 0.6) is 0 Å². The smallest absolute Gasteiger partial charge is 0.257 e. The number of thioether (sulfide) groups is 1. The second kappa shape index (κ2) is 8.79. The second-order valence-electron chi connectivity index (χ2n) is 6.99. The average Bonchev–Trinajstić information content (AvgIpc) is 3.20. The van der Waals surface area contributed by atoms with Crippen molar-refractivity contribution in [2.45, 2.75) is 17.9 Å². The van der Waals surface area contributed by atoms with Gasteiger partial charge in [-0.05, 0) is 30.7 Å². The molecule has 1 saturated heterocycles. The zero-order chi connectivity index (χ0) is 21.1. The third-order valence-electron chi connectivity index (χ3n) is 5.16. The maximum atomic E-state index is 13.1. The molecule has 0 saturated carbocycles. The van der Waals surface area contributed by atoms with Crippen molar-refractivity contribution in [1.29, 1.82) is 0 Å². The standard InChI is InChI=1S/C21H23N3O4S2/c1-2-30(26,27)24-13-11-23(12-14-24)20(25)17-8-4-3-7-16(17)15-29-21-22-18-9-5-6-10-19(18)28-21/h3-10H,2,11-15H2,1H3. The number of para-hydroxylation sites is 2. The van der Waals surface area contributed by atoms with Gasteiger partial charge in [0.2, 0.25) is 10.0 Å². The number of nitrogens with zero attached hydrogens (tertiary/aromatic N) is 3. The molecule has 0 atom stereocenters. The molecule has 1 amide bonds. The minimum atomic E-state index is -3.22. The number of rotatable bonds is 6. The zero-order valence-electron chi connectivity index (χ0n) is 16.7. The molecule has 158 valence electrons. The Hall–Kier alpha value is -2.36. The van der Waals surface area contributed by atoms with E-state index in [1.165, 1.54) is 16.1 Å². The van der Waals surface area contributed by atoms with Gasteiger partial charge in [0, 0.05) is 37.5 Å². The first-order valence-electron chi connectivity index (χ1n) is 9.81. The third-order valence-corrected chi connectivity index (χ3v) is 7.92. The molecule has 1 aliphatic rings. The largest absolute Gasteiger partial charge is 0.431 e. The first-order valence-corrected chi connectivity index (χ1v) is 12.4. The maximum Gasteiger partial charge on any atom is 0.257 e. The second-order valence-corrected chi connectivity index (χ2v) is 10.2. The molecule has 0 unspecified atom stereocenters. The van der Waals surface area contributed by atoms with E-state index < -0.39 is 10.0 Å². The summed E-state index contributed by atoms with van der Waals surface area (Å²) in [6.45, 7) is 3.09. The van der Waals surface area contributed by atoms with E-state index in [9.17, 15) is 13.2 Å². The minimum absolute atomic E-state index is 0.0719. The molecule has 0 N–H and O–H groups in total. The average molecular weight is 446 g/mol. The first kappa shape index (κ1) is 20.9. The fraction of sp³-hybridized carbons (Fsp3) is 0.333. The highest BCUT2D eigenvalue weighted by Gasteiger charge is 2.28. The number of amides is 1. The van der Waals surface area contributed by atoms with Crippen LogP contribution < -0.4 is 0 Å². The molecule has 3 aromatic rings. The van der Waals surface area contributed by atoms with Gasteiger partial charge < -0.3 is 9.32 Å². The summed E-state index contributed by atoms with van der Waals surface area (Å²) in [5.41, 5.74) is 3.08. The number of benzene rings is 2. The SMILES string of the molecule is CCS(=O)(=O)N1CCN(C(=O)c2ccccc2CSc2nc3ccccc3o2)CC1. The molecule has 1 aliphatic heterocycles. The van der Waals surface area contributed by atoms with Crippen LogP contribution in [-0.2, 0) is 15.8 Å². The van der Waals surface area contributed by atoms with Crippen LogP contribution in [0.1, 0.15) is 22.8 Å². The Kier molecular flexibility index (Phi) is 6.12. The molecule has 0 spiro atoms. The van der Waals surface area contributed by atoms with Crippen molar-refractivity contribution >= 4 is 38.8 Å². The van der Waals surface area contributed by atoms with Gasteiger partial charge in [-0.25, -0.2) is 13.4 Å². The Morgan fingerprint density at radius 2 is 1.77 bits per heavy atom. The number of oxazole rings is 1. The molecule has 7 nitrogen and oxygen atoms in total. The van der Waals surface area contributed by atoms with E-state index >= 15 is 0 Å². The van der Waals surface area contributed by atoms with Crippen LogP contribution in [0.4, 0.5) is 0 Å². The molecule has 1 fully saturated rings. The number of aromatic nitrogens is 1. The molecule has 30 heavy (non-hydrogen) atoms. The summed E-state index contributed by atoms with van der Waals surface area (Å²) in [7, 11) is -3.22. The van der Waals surface area contributed by atoms with E-state index in [4.69, 9.17) is 4.42 Å². The maximum absolute atomic E-state index is 13.1. The minimum Gasteiger partial charge on any atom is -0.431 e. The molecular weight excluding hydrogens is 422 g/mol. The van der Waals surface area contributed by atoms with Gasteiger partial charge >= 0.3 is 0 Å². The topological polar surface area (TPSA) is 83.7 Å². The summed E-state index contributed by atoms with van der Waals surface area (Å²) in [5.74, 6) is 0.563. The van der Waals surface area contributed by atoms with Crippen molar-refractivity contribution < 1.29 is 17.6 Å². The summed E-state index contributed by atoms with van der Waals surface area (Å²) in [5, 5.41) is 0.567. The molecular formula is C21H23N3O4S2. The monoisotopic (exact) mass is 445 g/mol. The summed E-state index contributed by atoms with van der Waals surface area (Å²) in [4.78, 5) is 19.3. The highest BCUT2D eigenvalue weighted by atomic mass is 32.2. The van der Waals surface area contributed by atoms with E-state index in [2.05, 4.69) is 4.98 Å². The lowest BCUT2D eigenvalue weighted by Gasteiger charge is -2.34. The van der Waals surface area contributed by atoms with Crippen LogP contribution in [-0.4, -0.2) is 60.4 Å². The van der Waals surface area contributed by atoms with Gasteiger partial charge in [-0.15, -0.1) is 0 Å². The Morgan fingerprint density at radius 1 is 1.07 bits per heavy atom. The Labute approximate surface area is 180 Å². The van der Waals surface area contributed by atoms with Gasteiger partial charge in [-0.1, -0.05) is 42.1 Å². The number of piperazine rings is 1. The van der Waals surface area contributed by atoms with Crippen LogP contribution in [0.2, 0.25) is 0 Å². The van der Waals surface area contributed by atoms with Crippen LogP contribution in [0.3, 0.4) is 0 Å². The van der Waals surface area contributed by atoms with Gasteiger partial charge in [0.25, 0.3) is 11.1 Å². The summed E-state index contributed by atoms with van der Waals surface area (Å²) in [6.07, 6.45) is 0. The normalized spacial score (nSPS) is 15.6. The van der Waals surface area contributed by atoms with Crippen molar-refractivity contribution in [3.63, 3.8) is 0 Å². The number of carbonyl (C=O) groups is 1. The summed E-state index contributed by atoms with van der Waals surface area (Å²) >= 11 is 1.45. The summed E-state index contributed by atoms with van der Waals surface area (Å²) < 4.78 is 31.3. The van der Waals surface area contributed by atoms with Crippen LogP contribution >= 0.6 is 11.8 Å². The predicted molar refractivity (Wildman–Crippen MR) is 117 cm³/mol. The fourth-order valence-corrected chi connectivity index (χ4v) is 5.36. The lowest BCUT2D eigenvalue weighted by atomic mass is 10.1. The number of fused-ring (bicyclic) bond motifs is 1. The number of hydrogen-bond acceptors (Lipinski definition) is 6. The van der Waals surface area contributed by atoms with E-state index in [0.29, 0.717) is 42.7 Å². The Bertz CT molecular complexity index is 1120. The van der Waals surface area contributed by atoms with Gasteiger partial charge in [0.05, 0.1) is 5.75 Å². The predicted octanol–water partition coefficient (Wildman–Crippen LogP) is 3.23. The van der Waals surface area contributed by atoms with E-state index in [-0.39, 0.29) is 11.7 Å². The zero-order valence-corrected chi connectivity index (χ0v) is 18.3. The molecule has 9 heteroatoms. The van der Waals surface area contributed by atoms with Crippen LogP contribution in [0.25, 0.3) is 11.1 Å².